The minimum Gasteiger partial charge on any atom is -0.497 e. The van der Waals surface area contributed by atoms with Gasteiger partial charge in [-0.15, -0.1) is 5.10 Å². The first-order chi connectivity index (χ1) is 15.9. The summed E-state index contributed by atoms with van der Waals surface area (Å²) in [7, 11) is 3.73. The third kappa shape index (κ3) is 6.99. The number of amides is 1. The van der Waals surface area contributed by atoms with Gasteiger partial charge in [0.1, 0.15) is 5.75 Å². The van der Waals surface area contributed by atoms with Gasteiger partial charge in [0.05, 0.1) is 44.4 Å². The monoisotopic (exact) mass is 459 g/mol. The van der Waals surface area contributed by atoms with Crippen molar-refractivity contribution in [3.63, 3.8) is 0 Å². The minimum atomic E-state index is -0.234. The van der Waals surface area contributed by atoms with E-state index in [2.05, 4.69) is 41.3 Å². The Hall–Kier alpha value is -2.49. The van der Waals surface area contributed by atoms with E-state index in [0.29, 0.717) is 39.1 Å². The lowest BCUT2D eigenvalue weighted by molar-refractivity contribution is -0.136. The molecule has 3 rings (SSSR count). The summed E-state index contributed by atoms with van der Waals surface area (Å²) in [6.45, 7) is 6.98. The SMILES string of the molecule is COc1ccc(CN(C)C[C@H]2OCc3cnnn3CCCC(=O)N([C@@H](C)CO)C[C@@H]2C)cc1. The van der Waals surface area contributed by atoms with Crippen LogP contribution in [-0.4, -0.2) is 81.8 Å². The molecule has 1 aromatic carbocycles. The molecule has 0 radical (unpaired) electrons. The quantitative estimate of drug-likeness (QED) is 0.676. The van der Waals surface area contributed by atoms with Crippen LogP contribution < -0.4 is 4.74 Å². The molecule has 1 aromatic heterocycles. The van der Waals surface area contributed by atoms with Crippen molar-refractivity contribution in [2.45, 2.75) is 58.5 Å². The van der Waals surface area contributed by atoms with E-state index in [1.54, 1.807) is 18.2 Å². The number of nitrogens with zero attached hydrogens (tertiary/aromatic N) is 5. The van der Waals surface area contributed by atoms with Crippen LogP contribution in [0.25, 0.3) is 0 Å². The number of likely N-dealkylation sites (N-methyl/N-ethyl adjacent to an activating group) is 1. The zero-order chi connectivity index (χ0) is 23.8. The van der Waals surface area contributed by atoms with Crippen molar-refractivity contribution >= 4 is 5.91 Å². The first-order valence-electron chi connectivity index (χ1n) is 11.6. The van der Waals surface area contributed by atoms with Crippen molar-refractivity contribution in [2.75, 3.05) is 33.9 Å². The van der Waals surface area contributed by atoms with Crippen LogP contribution in [-0.2, 0) is 29.2 Å². The largest absolute Gasteiger partial charge is 0.497 e. The van der Waals surface area contributed by atoms with Crippen molar-refractivity contribution in [3.05, 3.63) is 41.7 Å². The Bertz CT molecular complexity index is 872. The molecule has 2 heterocycles. The molecule has 9 nitrogen and oxygen atoms in total. The molecule has 2 aromatic rings. The number of hydrogen-bond acceptors (Lipinski definition) is 7. The lowest BCUT2D eigenvalue weighted by Crippen LogP contribution is -2.47. The van der Waals surface area contributed by atoms with Gasteiger partial charge in [0.15, 0.2) is 0 Å². The number of ether oxygens (including phenoxy) is 2. The average molecular weight is 460 g/mol. The van der Waals surface area contributed by atoms with Gasteiger partial charge < -0.3 is 19.5 Å². The number of hydrogen-bond donors (Lipinski definition) is 1. The fraction of sp³-hybridized carbons (Fsp3) is 0.625. The summed E-state index contributed by atoms with van der Waals surface area (Å²) in [5.74, 6) is 0.964. The van der Waals surface area contributed by atoms with Crippen LogP contribution in [0.2, 0.25) is 0 Å². The van der Waals surface area contributed by atoms with Gasteiger partial charge in [-0.3, -0.25) is 9.69 Å². The summed E-state index contributed by atoms with van der Waals surface area (Å²) < 4.78 is 13.5. The van der Waals surface area contributed by atoms with E-state index in [9.17, 15) is 9.90 Å². The molecule has 0 unspecified atom stereocenters. The number of aliphatic hydroxyl groups excluding tert-OH is 1. The maximum Gasteiger partial charge on any atom is 0.222 e. The van der Waals surface area contributed by atoms with E-state index in [4.69, 9.17) is 9.47 Å². The zero-order valence-corrected chi connectivity index (χ0v) is 20.2. The number of aliphatic hydroxyl groups is 1. The highest BCUT2D eigenvalue weighted by atomic mass is 16.5. The highest BCUT2D eigenvalue weighted by molar-refractivity contribution is 5.76. The highest BCUT2D eigenvalue weighted by Gasteiger charge is 2.28. The Morgan fingerprint density at radius 2 is 2.09 bits per heavy atom. The smallest absolute Gasteiger partial charge is 0.222 e. The van der Waals surface area contributed by atoms with Crippen LogP contribution >= 0.6 is 0 Å². The molecule has 0 saturated carbocycles. The Kier molecular flexibility index (Phi) is 9.22. The number of aryl methyl sites for hydroxylation is 1. The normalized spacial score (nSPS) is 21.3. The fourth-order valence-corrected chi connectivity index (χ4v) is 4.16. The molecule has 0 saturated heterocycles. The highest BCUT2D eigenvalue weighted by Crippen LogP contribution is 2.19. The molecule has 0 bridgehead atoms. The van der Waals surface area contributed by atoms with E-state index >= 15 is 0 Å². The Morgan fingerprint density at radius 3 is 2.79 bits per heavy atom. The van der Waals surface area contributed by atoms with E-state index in [0.717, 1.165) is 18.0 Å². The molecule has 3 atom stereocenters. The van der Waals surface area contributed by atoms with Crippen molar-refractivity contribution in [2.24, 2.45) is 5.92 Å². The van der Waals surface area contributed by atoms with Gasteiger partial charge in [-0.2, -0.15) is 0 Å². The maximum atomic E-state index is 13.0. The molecule has 33 heavy (non-hydrogen) atoms. The van der Waals surface area contributed by atoms with Crippen molar-refractivity contribution in [1.82, 2.24) is 24.8 Å². The minimum absolute atomic E-state index is 0.0518. The maximum absolute atomic E-state index is 13.0. The molecule has 1 amide bonds. The summed E-state index contributed by atoms with van der Waals surface area (Å²) in [5.41, 5.74) is 2.10. The summed E-state index contributed by atoms with van der Waals surface area (Å²) in [5, 5.41) is 17.9. The lowest BCUT2D eigenvalue weighted by Gasteiger charge is -2.35. The van der Waals surface area contributed by atoms with Crippen LogP contribution in [0.4, 0.5) is 0 Å². The van der Waals surface area contributed by atoms with Crippen LogP contribution in [0.1, 0.15) is 37.9 Å². The standard InChI is InChI=1S/C24H37N5O4/c1-18-13-28(19(2)16-30)24(31)6-5-11-29-21(12-25-26-29)17-33-23(18)15-27(3)14-20-7-9-22(32-4)10-8-20/h7-10,12,18-19,23,30H,5-6,11,13-17H2,1-4H3/t18-,19-,23+/m0/s1. The molecule has 1 aliphatic heterocycles. The number of rotatable bonds is 7. The van der Waals surface area contributed by atoms with E-state index in [1.807, 2.05) is 23.7 Å². The zero-order valence-electron chi connectivity index (χ0n) is 20.2. The molecule has 0 spiro atoms. The van der Waals surface area contributed by atoms with E-state index in [-0.39, 0.29) is 30.6 Å². The topological polar surface area (TPSA) is 93.0 Å². The third-order valence-electron chi connectivity index (χ3n) is 6.24. The first-order valence-corrected chi connectivity index (χ1v) is 11.6. The van der Waals surface area contributed by atoms with E-state index in [1.165, 1.54) is 5.56 Å². The van der Waals surface area contributed by atoms with Crippen LogP contribution in [0.3, 0.4) is 0 Å². The summed E-state index contributed by atoms with van der Waals surface area (Å²) in [4.78, 5) is 17.0. The number of carbonyl (C=O) groups excluding carboxylic acids is 1. The Balaban J connectivity index is 1.75. The number of fused-ring (bicyclic) bond motifs is 1. The van der Waals surface area contributed by atoms with Crippen LogP contribution in [0.5, 0.6) is 5.75 Å². The number of carbonyl (C=O) groups is 1. The van der Waals surface area contributed by atoms with Gasteiger partial charge in [0.25, 0.3) is 0 Å². The Labute approximate surface area is 196 Å². The van der Waals surface area contributed by atoms with Gasteiger partial charge in [0.2, 0.25) is 5.91 Å². The van der Waals surface area contributed by atoms with Crippen molar-refractivity contribution < 1.29 is 19.4 Å². The van der Waals surface area contributed by atoms with Crippen molar-refractivity contribution in [3.8, 4) is 5.75 Å². The van der Waals surface area contributed by atoms with Crippen LogP contribution in [0.15, 0.2) is 30.5 Å². The van der Waals surface area contributed by atoms with Gasteiger partial charge in [0, 0.05) is 38.5 Å². The second-order valence-electron chi connectivity index (χ2n) is 9.00. The molecule has 1 aliphatic rings. The average Bonchev–Trinajstić information content (AvgIpc) is 3.26. The Morgan fingerprint density at radius 1 is 1.33 bits per heavy atom. The molecule has 0 fully saturated rings. The predicted molar refractivity (Wildman–Crippen MR) is 125 cm³/mol. The van der Waals surface area contributed by atoms with Gasteiger partial charge in [-0.1, -0.05) is 24.3 Å². The van der Waals surface area contributed by atoms with Crippen LogP contribution in [0, 0.1) is 5.92 Å². The third-order valence-corrected chi connectivity index (χ3v) is 6.24. The lowest BCUT2D eigenvalue weighted by atomic mass is 10.0. The second kappa shape index (κ2) is 12.1. The predicted octanol–water partition coefficient (Wildman–Crippen LogP) is 1.94. The molecular weight excluding hydrogens is 422 g/mol. The van der Waals surface area contributed by atoms with Gasteiger partial charge in [-0.05, 0) is 38.1 Å². The summed E-state index contributed by atoms with van der Waals surface area (Å²) in [6.07, 6.45) is 2.71. The second-order valence-corrected chi connectivity index (χ2v) is 9.00. The summed E-state index contributed by atoms with van der Waals surface area (Å²) >= 11 is 0. The fourth-order valence-electron chi connectivity index (χ4n) is 4.16. The summed E-state index contributed by atoms with van der Waals surface area (Å²) in [6, 6.07) is 7.82. The molecular formula is C24H37N5O4. The number of methoxy groups -OCH3 is 1. The molecule has 9 heteroatoms. The molecule has 1 N–H and O–H groups in total. The first kappa shape index (κ1) is 25.1. The number of benzene rings is 1. The van der Waals surface area contributed by atoms with Crippen molar-refractivity contribution in [1.29, 1.82) is 0 Å². The van der Waals surface area contributed by atoms with Gasteiger partial charge >= 0.3 is 0 Å². The van der Waals surface area contributed by atoms with Gasteiger partial charge in [-0.25, -0.2) is 4.68 Å². The molecule has 182 valence electrons. The molecule has 0 aliphatic carbocycles. The number of aromatic nitrogens is 3. The van der Waals surface area contributed by atoms with E-state index < -0.39 is 0 Å².